The summed E-state index contributed by atoms with van der Waals surface area (Å²) in [6.07, 6.45) is 13.6. The Morgan fingerprint density at radius 1 is 0.455 bits per heavy atom. The molecule has 2 aromatic carbocycles. The number of hydrogen-bond donors (Lipinski definition) is 0. The quantitative estimate of drug-likeness (QED) is 0.636. The molecular formula is C22H18. The molecule has 2 aliphatic rings. The fourth-order valence-corrected chi connectivity index (χ4v) is 3.41. The molecule has 0 saturated carbocycles. The molecule has 0 heteroatoms. The van der Waals surface area contributed by atoms with Gasteiger partial charge in [0, 0.05) is 11.8 Å². The van der Waals surface area contributed by atoms with Crippen molar-refractivity contribution in [2.24, 2.45) is 11.8 Å². The molecule has 0 aromatic heterocycles. The Labute approximate surface area is 131 Å². The molecule has 0 aliphatic heterocycles. The van der Waals surface area contributed by atoms with Crippen LogP contribution in [0.2, 0.25) is 0 Å². The van der Waals surface area contributed by atoms with Crippen molar-refractivity contribution in [3.05, 3.63) is 108 Å². The van der Waals surface area contributed by atoms with E-state index in [0.717, 1.165) is 0 Å². The Morgan fingerprint density at radius 3 is 1.27 bits per heavy atom. The standard InChI is InChI=1S/C22H18/c1-3-9-17(10-4-1)21-19-13-7-8-14-20(16-15-19)22(21)18-11-5-2-6-12-18/h1-16,19-20H/b13-7-,14-8+. The van der Waals surface area contributed by atoms with Crippen LogP contribution < -0.4 is 0 Å². The molecule has 0 nitrogen and oxygen atoms in total. The first kappa shape index (κ1) is 13.1. The third-order valence-corrected chi connectivity index (χ3v) is 4.40. The van der Waals surface area contributed by atoms with Crippen molar-refractivity contribution in [3.63, 3.8) is 0 Å². The molecule has 0 saturated heterocycles. The number of fused-ring (bicyclic) bond motifs is 2. The highest BCUT2D eigenvalue weighted by atomic mass is 14.3. The Morgan fingerprint density at radius 2 is 0.864 bits per heavy atom. The van der Waals surface area contributed by atoms with Gasteiger partial charge in [0.1, 0.15) is 0 Å². The van der Waals surface area contributed by atoms with Gasteiger partial charge in [-0.2, -0.15) is 0 Å². The van der Waals surface area contributed by atoms with Crippen molar-refractivity contribution < 1.29 is 0 Å². The molecule has 0 heterocycles. The van der Waals surface area contributed by atoms with Gasteiger partial charge in [0.15, 0.2) is 0 Å². The number of benzene rings is 2. The van der Waals surface area contributed by atoms with E-state index in [0.29, 0.717) is 11.8 Å². The van der Waals surface area contributed by atoms with Crippen molar-refractivity contribution in [1.82, 2.24) is 0 Å². The Bertz CT molecular complexity index is 706. The van der Waals surface area contributed by atoms with E-state index >= 15 is 0 Å². The molecule has 4 rings (SSSR count). The van der Waals surface area contributed by atoms with E-state index < -0.39 is 0 Å². The molecule has 0 N–H and O–H groups in total. The van der Waals surface area contributed by atoms with Crippen LogP contribution in [0.5, 0.6) is 0 Å². The predicted octanol–water partition coefficient (Wildman–Crippen LogP) is 5.53. The lowest BCUT2D eigenvalue weighted by Gasteiger charge is -2.29. The van der Waals surface area contributed by atoms with Crippen LogP contribution in [0.3, 0.4) is 0 Å². The van der Waals surface area contributed by atoms with Crippen LogP contribution in [0.15, 0.2) is 97.1 Å². The minimum absolute atomic E-state index is 0.346. The summed E-state index contributed by atoms with van der Waals surface area (Å²) in [7, 11) is 0. The lowest BCUT2D eigenvalue weighted by molar-refractivity contribution is 0.966. The largest absolute Gasteiger partial charge is 0.0763 e. The second-order valence-electron chi connectivity index (χ2n) is 5.77. The normalized spacial score (nSPS) is 25.6. The Kier molecular flexibility index (Phi) is 3.36. The zero-order valence-electron chi connectivity index (χ0n) is 12.4. The maximum Gasteiger partial charge on any atom is 0.0211 e. The molecule has 22 heavy (non-hydrogen) atoms. The summed E-state index contributed by atoms with van der Waals surface area (Å²) in [5.74, 6) is 0.692. The lowest BCUT2D eigenvalue weighted by Crippen LogP contribution is -2.12. The van der Waals surface area contributed by atoms with Crippen LogP contribution in [-0.2, 0) is 0 Å². The van der Waals surface area contributed by atoms with E-state index in [1.165, 1.54) is 22.3 Å². The van der Waals surface area contributed by atoms with Gasteiger partial charge >= 0.3 is 0 Å². The third kappa shape index (κ3) is 2.27. The van der Waals surface area contributed by atoms with Gasteiger partial charge in [0.05, 0.1) is 0 Å². The van der Waals surface area contributed by atoms with E-state index in [4.69, 9.17) is 0 Å². The topological polar surface area (TPSA) is 0 Å². The van der Waals surface area contributed by atoms with E-state index in [9.17, 15) is 0 Å². The van der Waals surface area contributed by atoms with Crippen molar-refractivity contribution in [2.75, 3.05) is 0 Å². The Hall–Kier alpha value is -2.60. The molecular weight excluding hydrogens is 264 g/mol. The zero-order valence-corrected chi connectivity index (χ0v) is 12.4. The second-order valence-corrected chi connectivity index (χ2v) is 5.77. The van der Waals surface area contributed by atoms with Crippen molar-refractivity contribution in [2.45, 2.75) is 0 Å². The monoisotopic (exact) mass is 282 g/mol. The lowest BCUT2D eigenvalue weighted by atomic mass is 9.75. The van der Waals surface area contributed by atoms with E-state index in [1.54, 1.807) is 0 Å². The molecule has 2 atom stereocenters. The molecule has 0 radical (unpaired) electrons. The summed E-state index contributed by atoms with van der Waals surface area (Å²) in [4.78, 5) is 0. The SMILES string of the molecule is C1=CC2/C=C/C=C\C1C(c1ccccc1)=C2c1ccccc1. The van der Waals surface area contributed by atoms with Gasteiger partial charge in [-0.15, -0.1) is 0 Å². The number of allylic oxidation sites excluding steroid dienone is 8. The minimum Gasteiger partial charge on any atom is -0.0763 e. The van der Waals surface area contributed by atoms with Gasteiger partial charge in [0.25, 0.3) is 0 Å². The summed E-state index contributed by atoms with van der Waals surface area (Å²) in [5, 5.41) is 0. The summed E-state index contributed by atoms with van der Waals surface area (Å²) < 4.78 is 0. The van der Waals surface area contributed by atoms with Crippen LogP contribution in [-0.4, -0.2) is 0 Å². The molecule has 106 valence electrons. The second kappa shape index (κ2) is 5.65. The van der Waals surface area contributed by atoms with Gasteiger partial charge in [0.2, 0.25) is 0 Å². The molecule has 2 unspecified atom stereocenters. The van der Waals surface area contributed by atoms with Crippen LogP contribution in [0.4, 0.5) is 0 Å². The van der Waals surface area contributed by atoms with Gasteiger partial charge in [-0.1, -0.05) is 97.1 Å². The van der Waals surface area contributed by atoms with E-state index in [2.05, 4.69) is 97.1 Å². The molecule has 2 bridgehead atoms. The highest BCUT2D eigenvalue weighted by Gasteiger charge is 2.25. The molecule has 0 spiro atoms. The molecule has 2 aliphatic carbocycles. The summed E-state index contributed by atoms with van der Waals surface area (Å²) in [6.45, 7) is 0. The summed E-state index contributed by atoms with van der Waals surface area (Å²) >= 11 is 0. The first-order valence-corrected chi connectivity index (χ1v) is 7.82. The third-order valence-electron chi connectivity index (χ3n) is 4.40. The van der Waals surface area contributed by atoms with Crippen LogP contribution in [0.25, 0.3) is 11.1 Å². The summed E-state index contributed by atoms with van der Waals surface area (Å²) in [5.41, 5.74) is 5.50. The first-order chi connectivity index (χ1) is 10.9. The fraction of sp³-hybridized carbons (Fsp3) is 0.0909. The molecule has 0 amide bonds. The van der Waals surface area contributed by atoms with E-state index in [-0.39, 0.29) is 0 Å². The Balaban J connectivity index is 1.99. The average Bonchev–Trinajstić information content (AvgIpc) is 2.56. The van der Waals surface area contributed by atoms with Gasteiger partial charge in [-0.3, -0.25) is 0 Å². The maximum absolute atomic E-state index is 2.33. The number of hydrogen-bond acceptors (Lipinski definition) is 0. The van der Waals surface area contributed by atoms with Crippen molar-refractivity contribution >= 4 is 11.1 Å². The van der Waals surface area contributed by atoms with Gasteiger partial charge in [-0.05, 0) is 22.3 Å². The predicted molar refractivity (Wildman–Crippen MR) is 94.1 cm³/mol. The fourth-order valence-electron chi connectivity index (χ4n) is 3.41. The first-order valence-electron chi connectivity index (χ1n) is 7.82. The van der Waals surface area contributed by atoms with Crippen molar-refractivity contribution in [3.8, 4) is 0 Å². The van der Waals surface area contributed by atoms with Crippen LogP contribution in [0, 0.1) is 11.8 Å². The van der Waals surface area contributed by atoms with Crippen LogP contribution in [0.1, 0.15) is 11.1 Å². The average molecular weight is 282 g/mol. The van der Waals surface area contributed by atoms with Crippen LogP contribution >= 0.6 is 0 Å². The zero-order chi connectivity index (χ0) is 14.8. The minimum atomic E-state index is 0.346. The smallest absolute Gasteiger partial charge is 0.0211 e. The van der Waals surface area contributed by atoms with E-state index in [1.807, 2.05) is 0 Å². The molecule has 0 fully saturated rings. The number of rotatable bonds is 2. The van der Waals surface area contributed by atoms with Crippen molar-refractivity contribution in [1.29, 1.82) is 0 Å². The maximum atomic E-state index is 2.33. The molecule has 2 aromatic rings. The van der Waals surface area contributed by atoms with Gasteiger partial charge < -0.3 is 0 Å². The summed E-state index contributed by atoms with van der Waals surface area (Å²) in [6, 6.07) is 21.6. The highest BCUT2D eigenvalue weighted by molar-refractivity contribution is 5.96. The highest BCUT2D eigenvalue weighted by Crippen LogP contribution is 2.43. The van der Waals surface area contributed by atoms with Gasteiger partial charge in [-0.25, -0.2) is 0 Å².